The van der Waals surface area contributed by atoms with Crippen LogP contribution in [0.4, 0.5) is 0 Å². The number of aryl methyl sites for hydroxylation is 1. The molecule has 1 fully saturated rings. The predicted molar refractivity (Wildman–Crippen MR) is 85.7 cm³/mol. The first kappa shape index (κ1) is 17.0. The SMILES string of the molecule is CCOC(=O)Cn1nc(C)c(CN(C)C2CCNCC2)c1C. The van der Waals surface area contributed by atoms with Gasteiger partial charge in [0, 0.05) is 23.8 Å². The van der Waals surface area contributed by atoms with Crippen molar-refractivity contribution in [3.8, 4) is 0 Å². The molecule has 0 aliphatic carbocycles. The van der Waals surface area contributed by atoms with Gasteiger partial charge in [-0.15, -0.1) is 0 Å². The van der Waals surface area contributed by atoms with Gasteiger partial charge in [0.15, 0.2) is 0 Å². The van der Waals surface area contributed by atoms with Crippen LogP contribution in [0, 0.1) is 13.8 Å². The normalized spacial score (nSPS) is 16.2. The number of nitrogens with zero attached hydrogens (tertiary/aromatic N) is 3. The minimum atomic E-state index is -0.230. The number of rotatable bonds is 6. The first-order chi connectivity index (χ1) is 10.5. The van der Waals surface area contributed by atoms with Crippen molar-refractivity contribution < 1.29 is 9.53 Å². The average Bonchev–Trinajstić information content (AvgIpc) is 2.76. The van der Waals surface area contributed by atoms with Gasteiger partial charge in [-0.1, -0.05) is 0 Å². The highest BCUT2D eigenvalue weighted by atomic mass is 16.5. The minimum absolute atomic E-state index is 0.192. The molecule has 0 aromatic carbocycles. The summed E-state index contributed by atoms with van der Waals surface area (Å²) in [4.78, 5) is 14.1. The maximum Gasteiger partial charge on any atom is 0.327 e. The molecule has 1 aliphatic rings. The van der Waals surface area contributed by atoms with Crippen LogP contribution in [0.3, 0.4) is 0 Å². The molecule has 6 heteroatoms. The van der Waals surface area contributed by atoms with Crippen molar-refractivity contribution in [2.75, 3.05) is 26.7 Å². The van der Waals surface area contributed by atoms with Crippen LogP contribution in [0.1, 0.15) is 36.7 Å². The fourth-order valence-corrected chi connectivity index (χ4v) is 3.07. The Morgan fingerprint density at radius 2 is 2.09 bits per heavy atom. The molecule has 2 rings (SSSR count). The quantitative estimate of drug-likeness (QED) is 0.802. The Kier molecular flexibility index (Phi) is 5.97. The molecule has 1 N–H and O–H groups in total. The van der Waals surface area contributed by atoms with Gasteiger partial charge in [0.1, 0.15) is 6.54 Å². The lowest BCUT2D eigenvalue weighted by Gasteiger charge is -2.31. The van der Waals surface area contributed by atoms with Crippen molar-refractivity contribution in [3.63, 3.8) is 0 Å². The number of hydrogen-bond acceptors (Lipinski definition) is 5. The highest BCUT2D eigenvalue weighted by Gasteiger charge is 2.21. The predicted octanol–water partition coefficient (Wildman–Crippen LogP) is 1.25. The highest BCUT2D eigenvalue weighted by molar-refractivity contribution is 5.69. The van der Waals surface area contributed by atoms with Gasteiger partial charge >= 0.3 is 5.97 Å². The minimum Gasteiger partial charge on any atom is -0.465 e. The molecule has 0 radical (unpaired) electrons. The Labute approximate surface area is 132 Å². The van der Waals surface area contributed by atoms with Gasteiger partial charge in [-0.05, 0) is 53.8 Å². The number of carbonyl (C=O) groups is 1. The molecule has 0 bridgehead atoms. The molecule has 0 atom stereocenters. The number of ether oxygens (including phenoxy) is 1. The molecule has 6 nitrogen and oxygen atoms in total. The van der Waals surface area contributed by atoms with E-state index in [-0.39, 0.29) is 12.5 Å². The molecular formula is C16H28N4O2. The van der Waals surface area contributed by atoms with E-state index in [0.29, 0.717) is 12.6 Å². The van der Waals surface area contributed by atoms with Crippen LogP contribution >= 0.6 is 0 Å². The van der Waals surface area contributed by atoms with Gasteiger partial charge in [0.25, 0.3) is 0 Å². The van der Waals surface area contributed by atoms with Crippen molar-refractivity contribution in [2.45, 2.75) is 52.7 Å². The first-order valence-corrected chi connectivity index (χ1v) is 8.12. The summed E-state index contributed by atoms with van der Waals surface area (Å²) < 4.78 is 6.77. The Morgan fingerprint density at radius 1 is 1.41 bits per heavy atom. The third-order valence-corrected chi connectivity index (χ3v) is 4.46. The van der Waals surface area contributed by atoms with Crippen molar-refractivity contribution in [3.05, 3.63) is 17.0 Å². The second-order valence-corrected chi connectivity index (χ2v) is 6.01. The van der Waals surface area contributed by atoms with E-state index in [1.807, 2.05) is 20.8 Å². The fraction of sp³-hybridized carbons (Fsp3) is 0.750. The summed E-state index contributed by atoms with van der Waals surface area (Å²) in [6, 6.07) is 0.619. The lowest BCUT2D eigenvalue weighted by atomic mass is 10.0. The summed E-state index contributed by atoms with van der Waals surface area (Å²) >= 11 is 0. The molecule has 2 heterocycles. The van der Waals surface area contributed by atoms with Crippen LogP contribution < -0.4 is 5.32 Å². The third-order valence-electron chi connectivity index (χ3n) is 4.46. The van der Waals surface area contributed by atoms with Crippen LogP contribution in [0.25, 0.3) is 0 Å². The number of aromatic nitrogens is 2. The molecule has 1 saturated heterocycles. The van der Waals surface area contributed by atoms with Crippen LogP contribution in [-0.4, -0.2) is 53.4 Å². The van der Waals surface area contributed by atoms with Gasteiger partial charge in [0.2, 0.25) is 0 Å². The number of carbonyl (C=O) groups excluding carboxylic acids is 1. The zero-order valence-corrected chi connectivity index (χ0v) is 14.2. The van der Waals surface area contributed by atoms with Crippen molar-refractivity contribution >= 4 is 5.97 Å². The maximum absolute atomic E-state index is 11.7. The summed E-state index contributed by atoms with van der Waals surface area (Å²) in [5.41, 5.74) is 3.29. The van der Waals surface area contributed by atoms with E-state index in [1.165, 1.54) is 18.4 Å². The van der Waals surface area contributed by atoms with Crippen molar-refractivity contribution in [2.24, 2.45) is 0 Å². The molecule has 0 unspecified atom stereocenters. The molecule has 1 aromatic rings. The highest BCUT2D eigenvalue weighted by Crippen LogP contribution is 2.19. The number of esters is 1. The van der Waals surface area contributed by atoms with Gasteiger partial charge < -0.3 is 10.1 Å². The summed E-state index contributed by atoms with van der Waals surface area (Å²) in [5, 5.41) is 7.91. The molecule has 0 spiro atoms. The van der Waals surface area contributed by atoms with E-state index >= 15 is 0 Å². The smallest absolute Gasteiger partial charge is 0.327 e. The molecule has 124 valence electrons. The van der Waals surface area contributed by atoms with Gasteiger partial charge in [-0.3, -0.25) is 14.4 Å². The first-order valence-electron chi connectivity index (χ1n) is 8.12. The van der Waals surface area contributed by atoms with Crippen LogP contribution in [0.5, 0.6) is 0 Å². The lowest BCUT2D eigenvalue weighted by molar-refractivity contribution is -0.144. The van der Waals surface area contributed by atoms with Crippen molar-refractivity contribution in [1.82, 2.24) is 20.0 Å². The number of nitrogens with one attached hydrogen (secondary N) is 1. The Morgan fingerprint density at radius 3 is 2.73 bits per heavy atom. The second kappa shape index (κ2) is 7.74. The Hall–Kier alpha value is -1.40. The standard InChI is InChI=1S/C16H28N4O2/c1-5-22-16(21)11-20-13(3)15(12(2)18-20)10-19(4)14-6-8-17-9-7-14/h14,17H,5-11H2,1-4H3. The van der Waals surface area contributed by atoms with E-state index < -0.39 is 0 Å². The lowest BCUT2D eigenvalue weighted by Crippen LogP contribution is -2.40. The Balaban J connectivity index is 2.04. The third kappa shape index (κ3) is 4.08. The van der Waals surface area contributed by atoms with Gasteiger partial charge in [-0.2, -0.15) is 5.10 Å². The molecule has 1 aliphatic heterocycles. The summed E-state index contributed by atoms with van der Waals surface area (Å²) in [7, 11) is 2.18. The topological polar surface area (TPSA) is 59.4 Å². The van der Waals surface area contributed by atoms with Gasteiger partial charge in [-0.25, -0.2) is 0 Å². The molecule has 22 heavy (non-hydrogen) atoms. The van der Waals surface area contributed by atoms with Crippen molar-refractivity contribution in [1.29, 1.82) is 0 Å². The fourth-order valence-electron chi connectivity index (χ4n) is 3.07. The van der Waals surface area contributed by atoms with E-state index in [0.717, 1.165) is 31.0 Å². The zero-order chi connectivity index (χ0) is 16.1. The maximum atomic E-state index is 11.7. The molecular weight excluding hydrogens is 280 g/mol. The van der Waals surface area contributed by atoms with E-state index in [2.05, 4.69) is 22.4 Å². The van der Waals surface area contributed by atoms with E-state index in [1.54, 1.807) is 4.68 Å². The van der Waals surface area contributed by atoms with Gasteiger partial charge in [0.05, 0.1) is 12.3 Å². The Bertz CT molecular complexity index is 506. The van der Waals surface area contributed by atoms with Crippen LogP contribution in [-0.2, 0) is 22.6 Å². The van der Waals surface area contributed by atoms with E-state index in [4.69, 9.17) is 4.74 Å². The second-order valence-electron chi connectivity index (χ2n) is 6.01. The van der Waals surface area contributed by atoms with Crippen LogP contribution in [0.15, 0.2) is 0 Å². The molecule has 0 saturated carbocycles. The largest absolute Gasteiger partial charge is 0.465 e. The molecule has 0 amide bonds. The van der Waals surface area contributed by atoms with E-state index in [9.17, 15) is 4.79 Å². The molecule has 1 aromatic heterocycles. The number of hydrogen-bond donors (Lipinski definition) is 1. The van der Waals surface area contributed by atoms with Crippen LogP contribution in [0.2, 0.25) is 0 Å². The average molecular weight is 308 g/mol. The monoisotopic (exact) mass is 308 g/mol. The summed E-state index contributed by atoms with van der Waals surface area (Å²) in [5.74, 6) is -0.230. The zero-order valence-electron chi connectivity index (χ0n) is 14.2. The summed E-state index contributed by atoms with van der Waals surface area (Å²) in [6.07, 6.45) is 2.37. The summed E-state index contributed by atoms with van der Waals surface area (Å²) in [6.45, 7) is 9.53. The number of piperidine rings is 1.